The van der Waals surface area contributed by atoms with Crippen LogP contribution in [0.25, 0.3) is 0 Å². The van der Waals surface area contributed by atoms with Crippen molar-refractivity contribution in [2.75, 3.05) is 19.6 Å². The molecule has 0 spiro atoms. The summed E-state index contributed by atoms with van der Waals surface area (Å²) in [6.45, 7) is 7.20. The molecule has 80 valence electrons. The highest BCUT2D eigenvalue weighted by Gasteiger charge is 2.00. The zero-order chi connectivity index (χ0) is 10.4. The summed E-state index contributed by atoms with van der Waals surface area (Å²) in [6.07, 6.45) is 1.14. The maximum atomic E-state index is 5.54. The Morgan fingerprint density at radius 3 is 2.93 bits per heavy atom. The first kappa shape index (κ1) is 11.7. The van der Waals surface area contributed by atoms with E-state index in [2.05, 4.69) is 30.6 Å². The monoisotopic (exact) mass is 212 g/mol. The van der Waals surface area contributed by atoms with Gasteiger partial charge in [-0.15, -0.1) is 11.3 Å². The van der Waals surface area contributed by atoms with Crippen molar-refractivity contribution in [3.63, 3.8) is 0 Å². The van der Waals surface area contributed by atoms with Gasteiger partial charge in [0.25, 0.3) is 0 Å². The highest BCUT2D eigenvalue weighted by Crippen LogP contribution is 2.15. The van der Waals surface area contributed by atoms with Gasteiger partial charge in [0.15, 0.2) is 0 Å². The minimum absolute atomic E-state index is 0.583. The Hall–Kier alpha value is -0.380. The summed E-state index contributed by atoms with van der Waals surface area (Å²) in [4.78, 5) is 1.50. The average Bonchev–Trinajstić information content (AvgIpc) is 2.58. The topological polar surface area (TPSA) is 38.0 Å². The van der Waals surface area contributed by atoms with E-state index in [0.717, 1.165) is 26.1 Å². The molecule has 14 heavy (non-hydrogen) atoms. The molecular weight excluding hydrogens is 192 g/mol. The van der Waals surface area contributed by atoms with Gasteiger partial charge in [0.05, 0.1) is 0 Å². The Balaban J connectivity index is 2.13. The van der Waals surface area contributed by atoms with Crippen LogP contribution < -0.4 is 11.1 Å². The van der Waals surface area contributed by atoms with Crippen LogP contribution in [0.4, 0.5) is 0 Å². The first-order chi connectivity index (χ1) is 6.74. The molecule has 1 aromatic heterocycles. The normalized spacial score (nSPS) is 13.1. The fourth-order valence-electron chi connectivity index (χ4n) is 1.29. The Kier molecular flexibility index (Phi) is 5.15. The summed E-state index contributed by atoms with van der Waals surface area (Å²) >= 11 is 1.85. The number of hydrogen-bond acceptors (Lipinski definition) is 3. The average molecular weight is 212 g/mol. The lowest BCUT2D eigenvalue weighted by Crippen LogP contribution is -2.27. The number of nitrogens with two attached hydrogens (primary N) is 1. The molecule has 0 aromatic carbocycles. The predicted octanol–water partition coefficient (Wildman–Crippen LogP) is 1.78. The van der Waals surface area contributed by atoms with Crippen LogP contribution >= 0.6 is 11.3 Å². The molecule has 1 rings (SSSR count). The third kappa shape index (κ3) is 3.78. The third-order valence-corrected chi connectivity index (χ3v) is 3.47. The Morgan fingerprint density at radius 1 is 1.57 bits per heavy atom. The Labute approximate surface area is 90.5 Å². The molecule has 1 aromatic rings. The highest BCUT2D eigenvalue weighted by atomic mass is 32.1. The van der Waals surface area contributed by atoms with Gasteiger partial charge in [0.2, 0.25) is 0 Å². The fraction of sp³-hybridized carbons (Fsp3) is 0.636. The number of rotatable bonds is 6. The molecule has 1 unspecified atom stereocenters. The number of hydrogen-bond donors (Lipinski definition) is 2. The molecule has 0 bridgehead atoms. The van der Waals surface area contributed by atoms with Crippen molar-refractivity contribution < 1.29 is 0 Å². The van der Waals surface area contributed by atoms with Crippen molar-refractivity contribution in [3.05, 3.63) is 21.9 Å². The molecule has 3 N–H and O–H groups in total. The van der Waals surface area contributed by atoms with Gasteiger partial charge in [0, 0.05) is 4.88 Å². The quantitative estimate of drug-likeness (QED) is 0.706. The van der Waals surface area contributed by atoms with E-state index in [1.165, 1.54) is 10.4 Å². The van der Waals surface area contributed by atoms with Crippen molar-refractivity contribution >= 4 is 11.3 Å². The fourth-order valence-corrected chi connectivity index (χ4v) is 2.20. The molecule has 1 heterocycles. The van der Waals surface area contributed by atoms with E-state index in [-0.39, 0.29) is 0 Å². The molecule has 1 atom stereocenters. The second-order valence-electron chi connectivity index (χ2n) is 3.82. The van der Waals surface area contributed by atoms with E-state index in [4.69, 9.17) is 5.73 Å². The summed E-state index contributed by atoms with van der Waals surface area (Å²) in [5.74, 6) is 0.583. The van der Waals surface area contributed by atoms with E-state index in [1.54, 1.807) is 0 Å². The van der Waals surface area contributed by atoms with E-state index in [0.29, 0.717) is 5.92 Å². The first-order valence-electron chi connectivity index (χ1n) is 5.17. The van der Waals surface area contributed by atoms with Crippen molar-refractivity contribution in [2.24, 2.45) is 11.7 Å². The van der Waals surface area contributed by atoms with Crippen LogP contribution in [-0.2, 0) is 6.42 Å². The van der Waals surface area contributed by atoms with Crippen LogP contribution in [0.3, 0.4) is 0 Å². The summed E-state index contributed by atoms with van der Waals surface area (Å²) in [5, 5.41) is 5.59. The molecule has 2 nitrogen and oxygen atoms in total. The molecule has 0 aliphatic rings. The van der Waals surface area contributed by atoms with Crippen LogP contribution in [-0.4, -0.2) is 19.6 Å². The molecule has 0 aliphatic carbocycles. The second kappa shape index (κ2) is 6.17. The van der Waals surface area contributed by atoms with Gasteiger partial charge < -0.3 is 11.1 Å². The number of thiophene rings is 1. The third-order valence-electron chi connectivity index (χ3n) is 2.39. The minimum atomic E-state index is 0.583. The van der Waals surface area contributed by atoms with Gasteiger partial charge in [-0.1, -0.05) is 6.92 Å². The molecule has 0 amide bonds. The summed E-state index contributed by atoms with van der Waals surface area (Å²) in [6, 6.07) is 2.18. The molecular formula is C11H20N2S. The van der Waals surface area contributed by atoms with Gasteiger partial charge in [-0.2, -0.15) is 0 Å². The van der Waals surface area contributed by atoms with Crippen LogP contribution in [0.15, 0.2) is 11.4 Å². The van der Waals surface area contributed by atoms with E-state index in [9.17, 15) is 0 Å². The molecule has 0 fully saturated rings. The zero-order valence-electron chi connectivity index (χ0n) is 9.05. The lowest BCUT2D eigenvalue weighted by Gasteiger charge is -2.09. The van der Waals surface area contributed by atoms with Crippen LogP contribution in [0.5, 0.6) is 0 Å². The van der Waals surface area contributed by atoms with Crippen LogP contribution in [0.1, 0.15) is 17.4 Å². The standard InChI is InChI=1S/C11H20N2S/c1-9(7-12)8-13-5-3-11-10(2)4-6-14-11/h4,6,9,13H,3,5,7-8,12H2,1-2H3. The van der Waals surface area contributed by atoms with Gasteiger partial charge in [-0.3, -0.25) is 0 Å². The van der Waals surface area contributed by atoms with Gasteiger partial charge in [-0.25, -0.2) is 0 Å². The molecule has 0 saturated heterocycles. The first-order valence-corrected chi connectivity index (χ1v) is 6.05. The highest BCUT2D eigenvalue weighted by molar-refractivity contribution is 7.10. The zero-order valence-corrected chi connectivity index (χ0v) is 9.86. The van der Waals surface area contributed by atoms with Gasteiger partial charge in [0.1, 0.15) is 0 Å². The van der Waals surface area contributed by atoms with Crippen molar-refractivity contribution in [3.8, 4) is 0 Å². The number of nitrogens with one attached hydrogen (secondary N) is 1. The van der Waals surface area contributed by atoms with E-state index < -0.39 is 0 Å². The second-order valence-corrected chi connectivity index (χ2v) is 4.82. The maximum absolute atomic E-state index is 5.54. The van der Waals surface area contributed by atoms with Crippen LogP contribution in [0, 0.1) is 12.8 Å². The Bertz CT molecular complexity index is 258. The van der Waals surface area contributed by atoms with Crippen molar-refractivity contribution in [2.45, 2.75) is 20.3 Å². The molecule has 3 heteroatoms. The molecule has 0 aliphatic heterocycles. The largest absolute Gasteiger partial charge is 0.330 e. The Morgan fingerprint density at radius 2 is 2.36 bits per heavy atom. The van der Waals surface area contributed by atoms with E-state index >= 15 is 0 Å². The van der Waals surface area contributed by atoms with Crippen molar-refractivity contribution in [1.82, 2.24) is 5.32 Å². The summed E-state index contributed by atoms with van der Waals surface area (Å²) < 4.78 is 0. The van der Waals surface area contributed by atoms with Gasteiger partial charge >= 0.3 is 0 Å². The number of aryl methyl sites for hydroxylation is 1. The smallest absolute Gasteiger partial charge is 0.00870 e. The SMILES string of the molecule is Cc1ccsc1CCNCC(C)CN. The summed E-state index contributed by atoms with van der Waals surface area (Å²) in [7, 11) is 0. The lowest BCUT2D eigenvalue weighted by atomic mass is 10.2. The van der Waals surface area contributed by atoms with Crippen molar-refractivity contribution in [1.29, 1.82) is 0 Å². The van der Waals surface area contributed by atoms with E-state index in [1.807, 2.05) is 11.3 Å². The van der Waals surface area contributed by atoms with Crippen LogP contribution in [0.2, 0.25) is 0 Å². The minimum Gasteiger partial charge on any atom is -0.330 e. The van der Waals surface area contributed by atoms with Gasteiger partial charge in [-0.05, 0) is 55.9 Å². The lowest BCUT2D eigenvalue weighted by molar-refractivity contribution is 0.525. The molecule has 0 saturated carbocycles. The maximum Gasteiger partial charge on any atom is 0.00870 e. The predicted molar refractivity (Wildman–Crippen MR) is 63.8 cm³/mol. The molecule has 0 radical (unpaired) electrons. The summed E-state index contributed by atoms with van der Waals surface area (Å²) in [5.41, 5.74) is 6.96.